The van der Waals surface area contributed by atoms with E-state index in [9.17, 15) is 9.00 Å². The molecule has 2 rings (SSSR count). The maximum atomic E-state index is 12.2. The monoisotopic (exact) mass is 324 g/mol. The van der Waals surface area contributed by atoms with Crippen molar-refractivity contribution in [1.29, 1.82) is 0 Å². The number of hydrogen-bond donors (Lipinski definition) is 1. The minimum Gasteiger partial charge on any atom is -0.496 e. The van der Waals surface area contributed by atoms with Crippen LogP contribution in [0.2, 0.25) is 0 Å². The lowest BCUT2D eigenvalue weighted by atomic mass is 9.99. The molecule has 0 unspecified atom stereocenters. The average Bonchev–Trinajstić information content (AvgIpc) is 2.53. The van der Waals surface area contributed by atoms with Gasteiger partial charge in [0.25, 0.3) is 0 Å². The zero-order valence-electron chi connectivity index (χ0n) is 13.4. The summed E-state index contributed by atoms with van der Waals surface area (Å²) in [6, 6.07) is 5.90. The zero-order chi connectivity index (χ0) is 16.1. The SMILES string of the molecule is COc1cccc2c1CCN(C(=O)NCC[C@@H](C)[S@@](C)=O)C2. The van der Waals surface area contributed by atoms with Crippen molar-refractivity contribution < 1.29 is 13.7 Å². The van der Waals surface area contributed by atoms with E-state index in [0.717, 1.165) is 24.2 Å². The smallest absolute Gasteiger partial charge is 0.317 e. The van der Waals surface area contributed by atoms with Crippen LogP contribution in [0, 0.1) is 0 Å². The van der Waals surface area contributed by atoms with Gasteiger partial charge in [-0.1, -0.05) is 19.1 Å². The third-order valence-electron chi connectivity index (χ3n) is 4.12. The number of ether oxygens (including phenoxy) is 1. The summed E-state index contributed by atoms with van der Waals surface area (Å²) in [5, 5.41) is 3.02. The van der Waals surface area contributed by atoms with Gasteiger partial charge in [0, 0.05) is 47.5 Å². The molecular weight excluding hydrogens is 300 g/mol. The van der Waals surface area contributed by atoms with Crippen molar-refractivity contribution in [1.82, 2.24) is 10.2 Å². The molecule has 2 atom stereocenters. The van der Waals surface area contributed by atoms with Crippen molar-refractivity contribution in [3.63, 3.8) is 0 Å². The summed E-state index contributed by atoms with van der Waals surface area (Å²) >= 11 is 0. The number of carbonyl (C=O) groups is 1. The van der Waals surface area contributed by atoms with Crippen LogP contribution >= 0.6 is 0 Å². The van der Waals surface area contributed by atoms with Crippen LogP contribution in [0.5, 0.6) is 5.75 Å². The molecule has 0 radical (unpaired) electrons. The first-order valence-electron chi connectivity index (χ1n) is 7.52. The molecule has 1 aromatic carbocycles. The molecule has 122 valence electrons. The van der Waals surface area contributed by atoms with Crippen LogP contribution in [0.3, 0.4) is 0 Å². The van der Waals surface area contributed by atoms with Crippen LogP contribution in [-0.2, 0) is 23.8 Å². The number of methoxy groups -OCH3 is 1. The Morgan fingerprint density at radius 3 is 2.95 bits per heavy atom. The maximum Gasteiger partial charge on any atom is 0.317 e. The van der Waals surface area contributed by atoms with Crippen molar-refractivity contribution in [2.75, 3.05) is 26.5 Å². The van der Waals surface area contributed by atoms with E-state index in [1.165, 1.54) is 5.56 Å². The molecule has 1 aromatic rings. The van der Waals surface area contributed by atoms with Gasteiger partial charge in [-0.05, 0) is 24.5 Å². The predicted octanol–water partition coefficient (Wildman–Crippen LogP) is 1.92. The molecule has 0 aromatic heterocycles. The van der Waals surface area contributed by atoms with Crippen LogP contribution in [0.4, 0.5) is 4.79 Å². The highest BCUT2D eigenvalue weighted by atomic mass is 32.2. The van der Waals surface area contributed by atoms with E-state index in [4.69, 9.17) is 4.74 Å². The summed E-state index contributed by atoms with van der Waals surface area (Å²) < 4.78 is 16.7. The van der Waals surface area contributed by atoms with Gasteiger partial charge in [-0.2, -0.15) is 0 Å². The van der Waals surface area contributed by atoms with E-state index in [1.807, 2.05) is 30.0 Å². The van der Waals surface area contributed by atoms with Gasteiger partial charge in [-0.3, -0.25) is 4.21 Å². The summed E-state index contributed by atoms with van der Waals surface area (Å²) in [6.07, 6.45) is 3.23. The minimum absolute atomic E-state index is 0.0532. The van der Waals surface area contributed by atoms with Gasteiger partial charge >= 0.3 is 6.03 Å². The van der Waals surface area contributed by atoms with Gasteiger partial charge in [-0.15, -0.1) is 0 Å². The van der Waals surface area contributed by atoms with E-state index in [1.54, 1.807) is 13.4 Å². The highest BCUT2D eigenvalue weighted by Gasteiger charge is 2.22. The van der Waals surface area contributed by atoms with E-state index in [-0.39, 0.29) is 11.3 Å². The molecule has 22 heavy (non-hydrogen) atoms. The van der Waals surface area contributed by atoms with Crippen LogP contribution in [0.25, 0.3) is 0 Å². The Balaban J connectivity index is 1.89. The van der Waals surface area contributed by atoms with Gasteiger partial charge in [0.2, 0.25) is 0 Å². The lowest BCUT2D eigenvalue weighted by molar-refractivity contribution is 0.192. The number of amides is 2. The molecule has 0 saturated heterocycles. The first-order valence-corrected chi connectivity index (χ1v) is 9.14. The molecule has 0 saturated carbocycles. The quantitative estimate of drug-likeness (QED) is 0.900. The third kappa shape index (κ3) is 4.00. The summed E-state index contributed by atoms with van der Waals surface area (Å²) in [7, 11) is 0.832. The zero-order valence-corrected chi connectivity index (χ0v) is 14.2. The van der Waals surface area contributed by atoms with E-state index < -0.39 is 10.8 Å². The number of rotatable bonds is 5. The Labute approximate surface area is 134 Å². The molecule has 1 N–H and O–H groups in total. The van der Waals surface area contributed by atoms with Crippen molar-refractivity contribution >= 4 is 16.8 Å². The topological polar surface area (TPSA) is 58.6 Å². The number of benzene rings is 1. The lowest BCUT2D eigenvalue weighted by Gasteiger charge is -2.30. The van der Waals surface area contributed by atoms with Crippen molar-refractivity contribution in [3.8, 4) is 5.75 Å². The fraction of sp³-hybridized carbons (Fsp3) is 0.562. The molecule has 0 bridgehead atoms. The molecule has 1 aliphatic rings. The fourth-order valence-electron chi connectivity index (χ4n) is 2.60. The largest absolute Gasteiger partial charge is 0.496 e. The van der Waals surface area contributed by atoms with Gasteiger partial charge in [0.15, 0.2) is 0 Å². The Bertz CT molecular complexity index is 562. The second-order valence-corrected chi connectivity index (χ2v) is 7.40. The summed E-state index contributed by atoms with van der Waals surface area (Å²) in [4.78, 5) is 14.0. The van der Waals surface area contributed by atoms with E-state index in [0.29, 0.717) is 19.6 Å². The van der Waals surface area contributed by atoms with Gasteiger partial charge < -0.3 is 15.0 Å². The molecule has 2 amide bonds. The highest BCUT2D eigenvalue weighted by molar-refractivity contribution is 7.84. The third-order valence-corrected chi connectivity index (χ3v) is 5.49. The van der Waals surface area contributed by atoms with Crippen molar-refractivity contribution in [2.24, 2.45) is 0 Å². The molecular formula is C16H24N2O3S. The Hall–Kier alpha value is -1.56. The summed E-state index contributed by atoms with van der Waals surface area (Å²) in [6.45, 7) is 3.79. The van der Waals surface area contributed by atoms with Crippen molar-refractivity contribution in [3.05, 3.63) is 29.3 Å². The molecule has 0 fully saturated rings. The predicted molar refractivity (Wildman–Crippen MR) is 88.7 cm³/mol. The number of nitrogens with zero attached hydrogens (tertiary/aromatic N) is 1. The number of fused-ring (bicyclic) bond motifs is 1. The minimum atomic E-state index is -0.842. The van der Waals surface area contributed by atoms with Crippen LogP contribution in [0.15, 0.2) is 18.2 Å². The van der Waals surface area contributed by atoms with Crippen LogP contribution in [-0.4, -0.2) is 46.8 Å². The van der Waals surface area contributed by atoms with Crippen molar-refractivity contribution in [2.45, 2.75) is 31.6 Å². The second kappa shape index (κ2) is 7.63. The molecule has 0 aliphatic carbocycles. The Kier molecular flexibility index (Phi) is 5.83. The highest BCUT2D eigenvalue weighted by Crippen LogP contribution is 2.27. The standard InChI is InChI=1S/C16H24N2O3S/c1-12(22(3)20)7-9-17-16(19)18-10-8-14-13(11-18)5-4-6-15(14)21-2/h4-6,12H,7-11H2,1-3H3,(H,17,19)/t12-,22-/m1/s1. The van der Waals surface area contributed by atoms with E-state index >= 15 is 0 Å². The van der Waals surface area contributed by atoms with Gasteiger partial charge in [-0.25, -0.2) is 4.79 Å². The Morgan fingerprint density at radius 1 is 1.50 bits per heavy atom. The van der Waals surface area contributed by atoms with Crippen LogP contribution < -0.4 is 10.1 Å². The summed E-state index contributed by atoms with van der Waals surface area (Å²) in [5.74, 6) is 0.900. The molecule has 5 nitrogen and oxygen atoms in total. The summed E-state index contributed by atoms with van der Waals surface area (Å²) in [5.41, 5.74) is 2.34. The fourth-order valence-corrected chi connectivity index (χ4v) is 3.05. The number of urea groups is 1. The average molecular weight is 324 g/mol. The van der Waals surface area contributed by atoms with Gasteiger partial charge in [0.05, 0.1) is 7.11 Å². The second-order valence-electron chi connectivity index (χ2n) is 5.60. The lowest BCUT2D eigenvalue weighted by Crippen LogP contribution is -2.43. The van der Waals surface area contributed by atoms with Crippen LogP contribution in [0.1, 0.15) is 24.5 Å². The molecule has 1 aliphatic heterocycles. The maximum absolute atomic E-state index is 12.2. The Morgan fingerprint density at radius 2 is 2.27 bits per heavy atom. The molecule has 1 heterocycles. The number of nitrogens with one attached hydrogen (secondary N) is 1. The molecule has 0 spiro atoms. The number of hydrogen-bond acceptors (Lipinski definition) is 3. The first kappa shape index (κ1) is 16.8. The first-order chi connectivity index (χ1) is 10.5. The van der Waals surface area contributed by atoms with E-state index in [2.05, 4.69) is 5.32 Å². The normalized spacial score (nSPS) is 16.6. The van der Waals surface area contributed by atoms with Gasteiger partial charge in [0.1, 0.15) is 5.75 Å². The molecule has 6 heteroatoms. The number of carbonyl (C=O) groups excluding carboxylic acids is 1.